The van der Waals surface area contributed by atoms with E-state index in [9.17, 15) is 0 Å². The minimum absolute atomic E-state index is 0.332. The minimum atomic E-state index is 0.332. The molecular weight excluding hydrogens is 139 g/mol. The van der Waals surface area contributed by atoms with Crippen LogP contribution in [0.15, 0.2) is 12.1 Å². The van der Waals surface area contributed by atoms with Crippen LogP contribution in [0.4, 0.5) is 0 Å². The van der Waals surface area contributed by atoms with Crippen molar-refractivity contribution in [3.63, 3.8) is 0 Å². The first-order chi connectivity index (χ1) is 4.50. The largest absolute Gasteiger partial charge is 0.145 e. The van der Waals surface area contributed by atoms with Crippen molar-refractivity contribution in [2.75, 3.05) is 0 Å². The molecule has 0 aromatic carbocycles. The first-order valence-electron chi connectivity index (χ1n) is 3.57. The predicted molar refractivity (Wildman–Crippen MR) is 47.8 cm³/mol. The van der Waals surface area contributed by atoms with Gasteiger partial charge in [0.05, 0.1) is 0 Å². The molecule has 1 rings (SSSR count). The van der Waals surface area contributed by atoms with Crippen molar-refractivity contribution >= 4 is 11.3 Å². The molecule has 0 fully saturated rings. The van der Waals surface area contributed by atoms with Crippen molar-refractivity contribution in [3.05, 3.63) is 21.9 Å². The topological polar surface area (TPSA) is 0 Å². The minimum Gasteiger partial charge on any atom is -0.145 e. The lowest BCUT2D eigenvalue weighted by molar-refractivity contribution is 0.604. The Kier molecular flexibility index (Phi) is 1.86. The number of rotatable bonds is 0. The Balaban J connectivity index is 2.96. The smallest absolute Gasteiger partial charge is 0.0102 e. The third-order valence-corrected chi connectivity index (χ3v) is 2.91. The van der Waals surface area contributed by atoms with Gasteiger partial charge in [-0.05, 0) is 24.5 Å². The second-order valence-corrected chi connectivity index (χ2v) is 4.95. The van der Waals surface area contributed by atoms with Crippen molar-refractivity contribution in [2.24, 2.45) is 0 Å². The highest BCUT2D eigenvalue weighted by atomic mass is 32.1. The molecule has 0 radical (unpaired) electrons. The molecule has 0 aliphatic carbocycles. The normalized spacial score (nSPS) is 12.0. The maximum Gasteiger partial charge on any atom is 0.0102 e. The fourth-order valence-electron chi connectivity index (χ4n) is 0.838. The van der Waals surface area contributed by atoms with Gasteiger partial charge in [-0.3, -0.25) is 0 Å². The highest BCUT2D eigenvalue weighted by Crippen LogP contribution is 2.28. The average molecular weight is 153 g/mol. The summed E-state index contributed by atoms with van der Waals surface area (Å²) in [5.41, 5.74) is 0.332. The van der Waals surface area contributed by atoms with Gasteiger partial charge in [0.25, 0.3) is 0 Å². The molecule has 0 saturated heterocycles. The molecule has 1 heteroatoms. The van der Waals surface area contributed by atoms with Crippen molar-refractivity contribution in [1.29, 1.82) is 0 Å². The molecule has 1 aromatic rings. The van der Waals surface area contributed by atoms with Gasteiger partial charge in [-0.2, -0.15) is 0 Å². The summed E-state index contributed by atoms with van der Waals surface area (Å²) in [7, 11) is 0. The Morgan fingerprint density at radius 3 is 2.00 bits per heavy atom. The monoisotopic (exact) mass is 153 g/mol. The van der Waals surface area contributed by atoms with Crippen LogP contribution in [0.25, 0.3) is 0 Å². The Morgan fingerprint density at radius 2 is 1.80 bits per heavy atom. The first kappa shape index (κ1) is 7.80. The van der Waals surface area contributed by atoms with Crippen LogP contribution < -0.4 is 0 Å². The van der Waals surface area contributed by atoms with Crippen LogP contribution in [-0.2, 0) is 5.41 Å². The fourth-order valence-corrected chi connectivity index (χ4v) is 1.76. The van der Waals surface area contributed by atoms with Gasteiger partial charge in [0.2, 0.25) is 0 Å². The van der Waals surface area contributed by atoms with Gasteiger partial charge in [0, 0.05) is 9.75 Å². The van der Waals surface area contributed by atoms with Crippen LogP contribution in [0, 0.1) is 6.92 Å². The number of hydrogen-bond donors (Lipinski definition) is 0. The Labute approximate surface area is 66.9 Å². The molecule has 0 N–H and O–H groups in total. The summed E-state index contributed by atoms with van der Waals surface area (Å²) in [5.74, 6) is 0. The van der Waals surface area contributed by atoms with Crippen LogP contribution >= 0.6 is 11.3 Å². The van der Waals surface area contributed by atoms with E-state index in [1.807, 2.05) is 11.3 Å². The number of aryl methyl sites for hydroxylation is 1. The highest BCUT2D eigenvalue weighted by molar-refractivity contribution is 7.12. The molecule has 0 amide bonds. The standard InChI is InChI=1S/C9H14S/c1-7-5-6-8(10-7)9(2,3)4/h5-6H,1-4H3/i1-1. The Morgan fingerprint density at radius 1 is 1.20 bits per heavy atom. The van der Waals surface area contributed by atoms with Crippen molar-refractivity contribution in [2.45, 2.75) is 33.1 Å². The molecule has 1 aromatic heterocycles. The molecule has 56 valence electrons. The van der Waals surface area contributed by atoms with Gasteiger partial charge in [0.1, 0.15) is 0 Å². The van der Waals surface area contributed by atoms with E-state index >= 15 is 0 Å². The van der Waals surface area contributed by atoms with Crippen molar-refractivity contribution in [3.8, 4) is 0 Å². The van der Waals surface area contributed by atoms with Crippen molar-refractivity contribution < 1.29 is 0 Å². The van der Waals surface area contributed by atoms with E-state index in [4.69, 9.17) is 0 Å². The summed E-state index contributed by atoms with van der Waals surface area (Å²) in [5, 5.41) is 0. The van der Waals surface area contributed by atoms with Crippen LogP contribution in [0.1, 0.15) is 30.5 Å². The molecular formula is C9H14S. The number of hydrogen-bond acceptors (Lipinski definition) is 1. The predicted octanol–water partition coefficient (Wildman–Crippen LogP) is 3.35. The fraction of sp³-hybridized carbons (Fsp3) is 0.556. The zero-order chi connectivity index (χ0) is 7.78. The summed E-state index contributed by atoms with van der Waals surface area (Å²) in [6.45, 7) is 8.90. The third kappa shape index (κ3) is 1.60. The van der Waals surface area contributed by atoms with Gasteiger partial charge >= 0.3 is 0 Å². The lowest BCUT2D eigenvalue weighted by Crippen LogP contribution is -2.07. The van der Waals surface area contributed by atoms with E-state index in [1.54, 1.807) is 0 Å². The molecule has 0 saturated carbocycles. The van der Waals surface area contributed by atoms with Gasteiger partial charge in [-0.25, -0.2) is 0 Å². The molecule has 0 spiro atoms. The lowest BCUT2D eigenvalue weighted by atomic mass is 9.95. The summed E-state index contributed by atoms with van der Waals surface area (Å²) in [6, 6.07) is 4.41. The molecule has 0 nitrogen and oxygen atoms in total. The van der Waals surface area contributed by atoms with E-state index in [0.29, 0.717) is 5.41 Å². The van der Waals surface area contributed by atoms with Gasteiger partial charge < -0.3 is 0 Å². The highest BCUT2D eigenvalue weighted by Gasteiger charge is 2.14. The van der Waals surface area contributed by atoms with Crippen LogP contribution in [0.2, 0.25) is 0 Å². The summed E-state index contributed by atoms with van der Waals surface area (Å²) >= 11 is 1.89. The van der Waals surface area contributed by atoms with E-state index in [-0.39, 0.29) is 0 Å². The van der Waals surface area contributed by atoms with Crippen LogP contribution in [-0.4, -0.2) is 0 Å². The molecule has 0 atom stereocenters. The first-order valence-corrected chi connectivity index (χ1v) is 4.39. The maximum absolute atomic E-state index is 2.25. The van der Waals surface area contributed by atoms with Gasteiger partial charge in [-0.15, -0.1) is 11.3 Å². The van der Waals surface area contributed by atoms with E-state index < -0.39 is 0 Å². The van der Waals surface area contributed by atoms with E-state index in [2.05, 4.69) is 39.8 Å². The van der Waals surface area contributed by atoms with Crippen LogP contribution in [0.5, 0.6) is 0 Å². The Bertz CT molecular complexity index is 215. The second-order valence-electron chi connectivity index (χ2n) is 3.66. The van der Waals surface area contributed by atoms with Gasteiger partial charge in [0.15, 0.2) is 0 Å². The zero-order valence-corrected chi connectivity index (χ0v) is 7.88. The van der Waals surface area contributed by atoms with E-state index in [1.165, 1.54) is 9.75 Å². The Hall–Kier alpha value is -0.300. The molecule has 0 unspecified atom stereocenters. The SMILES string of the molecule is CC(C)(C)c1ccc([11CH3])s1. The number of thiophene rings is 1. The summed E-state index contributed by atoms with van der Waals surface area (Å²) < 4.78 is 0. The van der Waals surface area contributed by atoms with Crippen molar-refractivity contribution in [1.82, 2.24) is 0 Å². The summed E-state index contributed by atoms with van der Waals surface area (Å²) in [6.07, 6.45) is 0. The summed E-state index contributed by atoms with van der Waals surface area (Å²) in [4.78, 5) is 2.88. The van der Waals surface area contributed by atoms with E-state index in [0.717, 1.165) is 0 Å². The molecule has 0 aliphatic rings. The van der Waals surface area contributed by atoms with Gasteiger partial charge in [-0.1, -0.05) is 20.8 Å². The molecule has 0 bridgehead atoms. The maximum atomic E-state index is 2.25. The average Bonchev–Trinajstić information content (AvgIpc) is 2.11. The quantitative estimate of drug-likeness (QED) is 0.536. The van der Waals surface area contributed by atoms with Crippen LogP contribution in [0.3, 0.4) is 0 Å². The lowest BCUT2D eigenvalue weighted by Gasteiger charge is -2.14. The zero-order valence-electron chi connectivity index (χ0n) is 7.06. The second kappa shape index (κ2) is 2.39. The molecule has 1 heterocycles. The molecule has 10 heavy (non-hydrogen) atoms. The third-order valence-electron chi connectivity index (χ3n) is 1.48. The molecule has 0 aliphatic heterocycles.